The number of hydrogen-bond acceptors (Lipinski definition) is 5. The van der Waals surface area contributed by atoms with Crippen LogP contribution in [0.4, 0.5) is 0 Å². The normalized spacial score (nSPS) is 11.1. The van der Waals surface area contributed by atoms with Crippen LogP contribution < -0.4 is 0 Å². The third-order valence-corrected chi connectivity index (χ3v) is 4.34. The molecule has 0 radical (unpaired) electrons. The first kappa shape index (κ1) is 19.2. The summed E-state index contributed by atoms with van der Waals surface area (Å²) in [4.78, 5) is 8.12. The molecule has 3 heterocycles. The van der Waals surface area contributed by atoms with E-state index in [4.69, 9.17) is 4.52 Å². The zero-order valence-electron chi connectivity index (χ0n) is 16.3. The monoisotopic (exact) mass is 394 g/mol. The van der Waals surface area contributed by atoms with Gasteiger partial charge in [-0.05, 0) is 55.2 Å². The van der Waals surface area contributed by atoms with Crippen LogP contribution in [0.2, 0.25) is 0 Å². The molecule has 0 bridgehead atoms. The van der Waals surface area contributed by atoms with Crippen LogP contribution in [0.5, 0.6) is 0 Å². The van der Waals surface area contributed by atoms with Gasteiger partial charge in [-0.3, -0.25) is 4.98 Å². The molecule has 0 aliphatic rings. The quantitative estimate of drug-likeness (QED) is 0.537. The van der Waals surface area contributed by atoms with Crippen LogP contribution >= 0.6 is 0 Å². The van der Waals surface area contributed by atoms with E-state index in [0.29, 0.717) is 18.1 Å². The van der Waals surface area contributed by atoms with Crippen molar-refractivity contribution in [2.24, 2.45) is 0 Å². The maximum atomic E-state index is 9.77. The van der Waals surface area contributed by atoms with Gasteiger partial charge in [0.05, 0.1) is 6.54 Å². The van der Waals surface area contributed by atoms with Gasteiger partial charge in [-0.1, -0.05) is 17.0 Å². The fourth-order valence-corrected chi connectivity index (χ4v) is 2.88. The summed E-state index contributed by atoms with van der Waals surface area (Å²) in [5, 5.41) is 13.9. The maximum Gasteiger partial charge on any atom is 0.167 e. The molecule has 0 saturated carbocycles. The summed E-state index contributed by atoms with van der Waals surface area (Å²) >= 11 is 0. The van der Waals surface area contributed by atoms with Gasteiger partial charge in [-0.25, -0.2) is 4.98 Å². The number of aliphatic hydroxyl groups is 1. The van der Waals surface area contributed by atoms with Crippen molar-refractivity contribution in [3.05, 3.63) is 89.9 Å². The van der Waals surface area contributed by atoms with Gasteiger partial charge in [-0.15, -0.1) is 0 Å². The number of rotatable bonds is 4. The molecule has 0 fully saturated rings. The molecule has 1 N–H and O–H groups in total. The second-order valence-electron chi connectivity index (χ2n) is 6.59. The molecule has 1 aromatic carbocycles. The maximum absolute atomic E-state index is 9.77. The molecule has 0 unspecified atom stereocenters. The summed E-state index contributed by atoms with van der Waals surface area (Å²) in [6.45, 7) is 2.16. The van der Waals surface area contributed by atoms with Crippen LogP contribution in [-0.4, -0.2) is 24.8 Å². The highest BCUT2D eigenvalue weighted by atomic mass is 16.5. The fraction of sp³-hybridized carbons (Fsp3) is 0.125. The predicted octanol–water partition coefficient (Wildman–Crippen LogP) is 3.44. The molecule has 0 saturated heterocycles. The number of pyridine rings is 1. The Morgan fingerprint density at radius 1 is 1.00 bits per heavy atom. The van der Waals surface area contributed by atoms with Crippen molar-refractivity contribution in [2.45, 2.75) is 19.6 Å². The summed E-state index contributed by atoms with van der Waals surface area (Å²) in [7, 11) is 0. The van der Waals surface area contributed by atoms with Crippen LogP contribution in [0.15, 0.2) is 71.8 Å². The Bertz CT molecular complexity index is 1250. The molecule has 4 rings (SSSR count). The molecule has 6 nitrogen and oxygen atoms in total. The van der Waals surface area contributed by atoms with Gasteiger partial charge in [0.1, 0.15) is 17.6 Å². The molecule has 0 aliphatic carbocycles. The highest BCUT2D eigenvalue weighted by Gasteiger charge is 2.12. The Hall–Kier alpha value is -4.13. The second kappa shape index (κ2) is 8.91. The van der Waals surface area contributed by atoms with Gasteiger partial charge in [0.2, 0.25) is 0 Å². The highest BCUT2D eigenvalue weighted by molar-refractivity contribution is 5.59. The van der Waals surface area contributed by atoms with Crippen molar-refractivity contribution in [3.63, 3.8) is 0 Å². The van der Waals surface area contributed by atoms with Crippen molar-refractivity contribution in [2.75, 3.05) is 0 Å². The van der Waals surface area contributed by atoms with Gasteiger partial charge in [-0.2, -0.15) is 0 Å². The topological polar surface area (TPSA) is 77.0 Å². The van der Waals surface area contributed by atoms with E-state index < -0.39 is 6.10 Å². The first-order chi connectivity index (χ1) is 14.7. The Balaban J connectivity index is 1.43. The van der Waals surface area contributed by atoms with Gasteiger partial charge in [0, 0.05) is 47.5 Å². The van der Waals surface area contributed by atoms with Gasteiger partial charge < -0.3 is 14.2 Å². The highest BCUT2D eigenvalue weighted by Crippen LogP contribution is 2.22. The first-order valence-corrected chi connectivity index (χ1v) is 9.36. The lowest BCUT2D eigenvalue weighted by atomic mass is 10.1. The minimum absolute atomic E-state index is 0.476. The van der Waals surface area contributed by atoms with Crippen LogP contribution in [0.3, 0.4) is 0 Å². The van der Waals surface area contributed by atoms with Crippen molar-refractivity contribution in [1.82, 2.24) is 19.7 Å². The summed E-state index contributed by atoms with van der Waals surface area (Å²) in [6.07, 6.45) is 6.22. The average Bonchev–Trinajstić information content (AvgIpc) is 3.43. The third kappa shape index (κ3) is 4.64. The zero-order valence-corrected chi connectivity index (χ0v) is 16.3. The van der Waals surface area contributed by atoms with E-state index in [-0.39, 0.29) is 0 Å². The van der Waals surface area contributed by atoms with Gasteiger partial charge >= 0.3 is 0 Å². The molecule has 30 heavy (non-hydrogen) atoms. The van der Waals surface area contributed by atoms with Gasteiger partial charge in [0.15, 0.2) is 5.76 Å². The summed E-state index contributed by atoms with van der Waals surface area (Å²) in [5.41, 5.74) is 3.40. The Labute approximate surface area is 174 Å². The number of aromatic nitrogens is 4. The lowest BCUT2D eigenvalue weighted by Crippen LogP contribution is -2.07. The Morgan fingerprint density at radius 2 is 1.70 bits per heavy atom. The number of aliphatic hydroxyl groups excluding tert-OH is 1. The van der Waals surface area contributed by atoms with Gasteiger partial charge in [0.25, 0.3) is 0 Å². The van der Waals surface area contributed by atoms with E-state index in [0.717, 1.165) is 22.4 Å². The smallest absolute Gasteiger partial charge is 0.167 e. The van der Waals surface area contributed by atoms with E-state index in [1.807, 2.05) is 47.0 Å². The van der Waals surface area contributed by atoms with E-state index in [1.165, 1.54) is 0 Å². The molecule has 0 spiro atoms. The summed E-state index contributed by atoms with van der Waals surface area (Å²) in [6, 6.07) is 13.3. The minimum atomic E-state index is -0.644. The standard InChI is InChI=1S/C24H18N4O2/c1-18(29)24-26-14-15-28(24)17-22-16-23(30-27-22)21-8-6-19(7-9-21)4-2-3-5-20-10-12-25-13-11-20/h6-16,18,29H,17H2,1H3/t18-/m0/s1. The van der Waals surface area contributed by atoms with E-state index >= 15 is 0 Å². The fourth-order valence-electron chi connectivity index (χ4n) is 2.88. The molecule has 4 aromatic rings. The van der Waals surface area contributed by atoms with Crippen molar-refractivity contribution < 1.29 is 9.63 Å². The van der Waals surface area contributed by atoms with Crippen LogP contribution in [0.25, 0.3) is 11.3 Å². The van der Waals surface area contributed by atoms with E-state index in [9.17, 15) is 5.11 Å². The van der Waals surface area contributed by atoms with Crippen molar-refractivity contribution in [3.8, 4) is 35.0 Å². The van der Waals surface area contributed by atoms with Crippen molar-refractivity contribution in [1.29, 1.82) is 0 Å². The summed E-state index contributed by atoms with van der Waals surface area (Å²) in [5.74, 6) is 13.0. The zero-order chi connectivity index (χ0) is 20.8. The van der Waals surface area contributed by atoms with E-state index in [2.05, 4.69) is 38.8 Å². The molecular formula is C24H18N4O2. The second-order valence-corrected chi connectivity index (χ2v) is 6.59. The first-order valence-electron chi connectivity index (χ1n) is 9.36. The predicted molar refractivity (Wildman–Crippen MR) is 112 cm³/mol. The molecule has 0 amide bonds. The van der Waals surface area contributed by atoms with Crippen LogP contribution in [0, 0.1) is 23.7 Å². The molecular weight excluding hydrogens is 376 g/mol. The molecule has 1 atom stereocenters. The number of hydrogen-bond donors (Lipinski definition) is 1. The molecule has 6 heteroatoms. The van der Waals surface area contributed by atoms with Crippen molar-refractivity contribution >= 4 is 0 Å². The van der Waals surface area contributed by atoms with Crippen LogP contribution in [0.1, 0.15) is 35.7 Å². The molecule has 0 aliphatic heterocycles. The number of benzene rings is 1. The number of nitrogens with zero attached hydrogens (tertiary/aromatic N) is 4. The van der Waals surface area contributed by atoms with Crippen LogP contribution in [-0.2, 0) is 6.54 Å². The average molecular weight is 394 g/mol. The van der Waals surface area contributed by atoms with E-state index in [1.54, 1.807) is 31.7 Å². The molecule has 146 valence electrons. The SMILES string of the molecule is C[C@H](O)c1nccn1Cc1cc(-c2ccc(C#CC#Cc3ccncc3)cc2)on1. The third-order valence-electron chi connectivity index (χ3n) is 4.34. The summed E-state index contributed by atoms with van der Waals surface area (Å²) < 4.78 is 7.32. The number of imidazole rings is 1. The largest absolute Gasteiger partial charge is 0.385 e. The minimum Gasteiger partial charge on any atom is -0.385 e. The lowest BCUT2D eigenvalue weighted by molar-refractivity contribution is 0.184. The Morgan fingerprint density at radius 3 is 2.40 bits per heavy atom. The molecule has 3 aromatic heterocycles. The Kier molecular flexibility index (Phi) is 5.70. The lowest BCUT2D eigenvalue weighted by Gasteiger charge is -2.07.